The second-order valence-corrected chi connectivity index (χ2v) is 7.01. The van der Waals surface area contributed by atoms with Crippen molar-refractivity contribution in [2.45, 2.75) is 33.2 Å². The Bertz CT molecular complexity index is 513. The molecule has 5 nitrogen and oxygen atoms in total. The molecule has 1 unspecified atom stereocenters. The van der Waals surface area contributed by atoms with Gasteiger partial charge in [-0.2, -0.15) is 0 Å². The van der Waals surface area contributed by atoms with Crippen LogP contribution in [0.4, 0.5) is 4.79 Å². The van der Waals surface area contributed by atoms with E-state index in [9.17, 15) is 9.59 Å². The van der Waals surface area contributed by atoms with Crippen LogP contribution in [0.2, 0.25) is 0 Å². The number of hydrogen-bond donors (Lipinski definition) is 3. The van der Waals surface area contributed by atoms with Crippen molar-refractivity contribution in [1.29, 1.82) is 0 Å². The highest BCUT2D eigenvalue weighted by Crippen LogP contribution is 2.24. The number of thiophene rings is 1. The lowest BCUT2D eigenvalue weighted by Gasteiger charge is -2.29. The van der Waals surface area contributed by atoms with Crippen LogP contribution in [0, 0.1) is 5.92 Å². The fraction of sp³-hybridized carbons (Fsp3) is 0.600. The highest BCUT2D eigenvalue weighted by molar-refractivity contribution is 7.10. The summed E-state index contributed by atoms with van der Waals surface area (Å²) in [6.07, 6.45) is 1.01. The summed E-state index contributed by atoms with van der Waals surface area (Å²) in [4.78, 5) is 26.2. The molecular formula is C15H24N3O2S+. The second kappa shape index (κ2) is 7.04. The van der Waals surface area contributed by atoms with Crippen LogP contribution >= 0.6 is 11.3 Å². The summed E-state index contributed by atoms with van der Waals surface area (Å²) in [5.41, 5.74) is 1.35. The molecule has 1 aliphatic rings. The first-order chi connectivity index (χ1) is 9.97. The monoisotopic (exact) mass is 310 g/mol. The first-order valence-corrected chi connectivity index (χ1v) is 8.34. The standard InChI is InChI=1S/C15H23N3O2S/c1-10(2)8-16-15(20)17-14(19)9-18-6-4-13-12(11(18)3)5-7-21-13/h5,7,10-11H,4,6,8-9H2,1-3H3,(H2,16,17,19,20)/p+1/t11-/m0/s1. The molecule has 2 heterocycles. The topological polar surface area (TPSA) is 62.6 Å². The van der Waals surface area contributed by atoms with Crippen molar-refractivity contribution < 1.29 is 14.5 Å². The van der Waals surface area contributed by atoms with Gasteiger partial charge in [0.15, 0.2) is 6.54 Å². The summed E-state index contributed by atoms with van der Waals surface area (Å²) >= 11 is 1.79. The summed E-state index contributed by atoms with van der Waals surface area (Å²) in [6.45, 7) is 8.03. The zero-order chi connectivity index (χ0) is 15.4. The molecule has 6 heteroatoms. The maximum absolute atomic E-state index is 12.0. The predicted octanol–water partition coefficient (Wildman–Crippen LogP) is 0.732. The van der Waals surface area contributed by atoms with E-state index in [2.05, 4.69) is 29.0 Å². The number of carbonyl (C=O) groups is 2. The fourth-order valence-corrected chi connectivity index (χ4v) is 3.59. The molecule has 0 saturated heterocycles. The summed E-state index contributed by atoms with van der Waals surface area (Å²) in [6, 6.07) is 2.07. The van der Waals surface area contributed by atoms with Crippen molar-refractivity contribution in [2.24, 2.45) is 5.92 Å². The van der Waals surface area contributed by atoms with Crippen LogP contribution < -0.4 is 15.5 Å². The molecule has 3 amide bonds. The van der Waals surface area contributed by atoms with Gasteiger partial charge < -0.3 is 10.2 Å². The number of imide groups is 1. The molecule has 0 saturated carbocycles. The van der Waals surface area contributed by atoms with Crippen LogP contribution in [-0.4, -0.2) is 31.6 Å². The molecule has 21 heavy (non-hydrogen) atoms. The van der Waals surface area contributed by atoms with E-state index in [-0.39, 0.29) is 5.91 Å². The number of quaternary nitrogens is 1. The Balaban J connectivity index is 1.82. The largest absolute Gasteiger partial charge is 0.338 e. The third-order valence-electron chi connectivity index (χ3n) is 3.84. The van der Waals surface area contributed by atoms with Crippen LogP contribution in [0.3, 0.4) is 0 Å². The van der Waals surface area contributed by atoms with E-state index >= 15 is 0 Å². The number of fused-ring (bicyclic) bond motifs is 1. The Morgan fingerprint density at radius 1 is 1.48 bits per heavy atom. The van der Waals surface area contributed by atoms with Gasteiger partial charge >= 0.3 is 6.03 Å². The minimum Gasteiger partial charge on any atom is -0.338 e. The Hall–Kier alpha value is -1.40. The van der Waals surface area contributed by atoms with Gasteiger partial charge in [-0.1, -0.05) is 13.8 Å². The van der Waals surface area contributed by atoms with E-state index in [0.29, 0.717) is 25.0 Å². The van der Waals surface area contributed by atoms with Crippen molar-refractivity contribution in [3.05, 3.63) is 21.9 Å². The molecule has 2 rings (SSSR count). The van der Waals surface area contributed by atoms with Crippen LogP contribution in [0.1, 0.15) is 37.3 Å². The molecule has 1 aromatic rings. The van der Waals surface area contributed by atoms with Crippen molar-refractivity contribution in [1.82, 2.24) is 10.6 Å². The van der Waals surface area contributed by atoms with E-state index in [4.69, 9.17) is 0 Å². The smallest absolute Gasteiger partial charge is 0.321 e. The van der Waals surface area contributed by atoms with Crippen molar-refractivity contribution >= 4 is 23.3 Å². The van der Waals surface area contributed by atoms with Crippen molar-refractivity contribution in [3.8, 4) is 0 Å². The summed E-state index contributed by atoms with van der Waals surface area (Å²) in [5, 5.41) is 7.22. The molecule has 3 N–H and O–H groups in total. The Labute approximate surface area is 129 Å². The number of carbonyl (C=O) groups excluding carboxylic acids is 2. The van der Waals surface area contributed by atoms with Crippen molar-refractivity contribution in [2.75, 3.05) is 19.6 Å². The molecule has 0 aromatic carbocycles. The maximum atomic E-state index is 12.0. The minimum atomic E-state index is -0.394. The first kappa shape index (κ1) is 16.0. The normalized spacial score (nSPS) is 21.0. The number of rotatable bonds is 4. The van der Waals surface area contributed by atoms with E-state index in [1.165, 1.54) is 15.3 Å². The molecule has 0 spiro atoms. The number of urea groups is 1. The van der Waals surface area contributed by atoms with Gasteiger partial charge in [0.2, 0.25) is 0 Å². The highest BCUT2D eigenvalue weighted by Gasteiger charge is 2.29. The molecule has 0 aliphatic carbocycles. The number of hydrogen-bond acceptors (Lipinski definition) is 3. The van der Waals surface area contributed by atoms with E-state index in [1.54, 1.807) is 11.3 Å². The molecule has 2 atom stereocenters. The van der Waals surface area contributed by atoms with Gasteiger partial charge in [-0.3, -0.25) is 10.1 Å². The minimum absolute atomic E-state index is 0.211. The third kappa shape index (κ3) is 4.28. The summed E-state index contributed by atoms with van der Waals surface area (Å²) in [7, 11) is 0. The zero-order valence-electron chi connectivity index (χ0n) is 12.9. The highest BCUT2D eigenvalue weighted by atomic mass is 32.1. The first-order valence-electron chi connectivity index (χ1n) is 7.46. The van der Waals surface area contributed by atoms with Crippen LogP contribution in [0.25, 0.3) is 0 Å². The van der Waals surface area contributed by atoms with Gasteiger partial charge in [-0.15, -0.1) is 11.3 Å². The lowest BCUT2D eigenvalue weighted by Crippen LogP contribution is -3.14. The van der Waals surface area contributed by atoms with Gasteiger partial charge in [0.05, 0.1) is 6.54 Å². The van der Waals surface area contributed by atoms with E-state index in [1.807, 2.05) is 13.8 Å². The van der Waals surface area contributed by atoms with E-state index < -0.39 is 6.03 Å². The lowest BCUT2D eigenvalue weighted by molar-refractivity contribution is -0.924. The Morgan fingerprint density at radius 2 is 2.24 bits per heavy atom. The Morgan fingerprint density at radius 3 is 2.95 bits per heavy atom. The van der Waals surface area contributed by atoms with Gasteiger partial charge in [-0.25, -0.2) is 4.79 Å². The molecule has 0 radical (unpaired) electrons. The molecule has 0 bridgehead atoms. The number of amides is 3. The quantitative estimate of drug-likeness (QED) is 0.768. The van der Waals surface area contributed by atoms with Gasteiger partial charge in [0, 0.05) is 23.4 Å². The Kier molecular flexibility index (Phi) is 5.36. The fourth-order valence-electron chi connectivity index (χ4n) is 2.61. The molecule has 1 aliphatic heterocycles. The average Bonchev–Trinajstić information content (AvgIpc) is 2.89. The van der Waals surface area contributed by atoms with Crippen LogP contribution in [0.15, 0.2) is 11.4 Å². The van der Waals surface area contributed by atoms with Crippen LogP contribution in [-0.2, 0) is 11.2 Å². The molecule has 0 fully saturated rings. The SMILES string of the molecule is CC(C)CNC(=O)NC(=O)C[NH+]1CCc2sccc2[C@@H]1C. The van der Waals surface area contributed by atoms with Crippen molar-refractivity contribution in [3.63, 3.8) is 0 Å². The molecular weight excluding hydrogens is 286 g/mol. The zero-order valence-corrected chi connectivity index (χ0v) is 13.7. The van der Waals surface area contributed by atoms with E-state index in [0.717, 1.165) is 13.0 Å². The van der Waals surface area contributed by atoms with Gasteiger partial charge in [0.25, 0.3) is 5.91 Å². The lowest BCUT2D eigenvalue weighted by atomic mass is 10.0. The van der Waals surface area contributed by atoms with Crippen LogP contribution in [0.5, 0.6) is 0 Å². The second-order valence-electron chi connectivity index (χ2n) is 6.01. The summed E-state index contributed by atoms with van der Waals surface area (Å²) in [5.74, 6) is 0.160. The maximum Gasteiger partial charge on any atom is 0.321 e. The van der Waals surface area contributed by atoms with Gasteiger partial charge in [-0.05, 0) is 24.3 Å². The van der Waals surface area contributed by atoms with Gasteiger partial charge in [0.1, 0.15) is 6.04 Å². The predicted molar refractivity (Wildman–Crippen MR) is 83.5 cm³/mol. The third-order valence-corrected chi connectivity index (χ3v) is 4.84. The average molecular weight is 310 g/mol. The summed E-state index contributed by atoms with van der Waals surface area (Å²) < 4.78 is 0. The molecule has 1 aromatic heterocycles. The molecule has 116 valence electrons. The number of nitrogens with one attached hydrogen (secondary N) is 3.